The highest BCUT2D eigenvalue weighted by atomic mass is 19.1. The maximum absolute atomic E-state index is 13.5. The highest BCUT2D eigenvalue weighted by molar-refractivity contribution is 6.43. The van der Waals surface area contributed by atoms with E-state index < -0.39 is 30.7 Å². The number of likely N-dealkylation sites (tertiary alicyclic amines) is 1. The van der Waals surface area contributed by atoms with Crippen LogP contribution >= 0.6 is 0 Å². The summed E-state index contributed by atoms with van der Waals surface area (Å²) in [6.07, 6.45) is 1.18. The van der Waals surface area contributed by atoms with Crippen LogP contribution in [-0.4, -0.2) is 52.2 Å². The smallest absolute Gasteiger partial charge is 0.426 e. The van der Waals surface area contributed by atoms with Gasteiger partial charge in [-0.25, -0.2) is 4.39 Å². The molecule has 4 N–H and O–H groups in total. The highest BCUT2D eigenvalue weighted by Gasteiger charge is 2.42. The lowest BCUT2D eigenvalue weighted by atomic mass is 9.77. The third kappa shape index (κ3) is 2.72. The first-order valence-corrected chi connectivity index (χ1v) is 5.36. The molecule has 0 bridgehead atoms. The highest BCUT2D eigenvalue weighted by Crippen LogP contribution is 2.22. The van der Waals surface area contributed by atoms with Gasteiger partial charge in [0.2, 0.25) is 5.91 Å². The van der Waals surface area contributed by atoms with Gasteiger partial charge >= 0.3 is 7.12 Å². The summed E-state index contributed by atoms with van der Waals surface area (Å²) < 4.78 is 13.5. The van der Waals surface area contributed by atoms with Crippen molar-refractivity contribution >= 4 is 13.0 Å². The van der Waals surface area contributed by atoms with E-state index in [0.717, 1.165) is 0 Å². The predicted molar refractivity (Wildman–Crippen MR) is 58.1 cm³/mol. The topological polar surface area (TPSA) is 86.8 Å². The van der Waals surface area contributed by atoms with Crippen LogP contribution in [0.3, 0.4) is 0 Å². The average Bonchev–Trinajstić information content (AvgIpc) is 2.62. The molecule has 7 heteroatoms. The minimum atomic E-state index is -1.81. The molecule has 1 saturated heterocycles. The van der Waals surface area contributed by atoms with Gasteiger partial charge in [-0.2, -0.15) is 0 Å². The Kier molecular flexibility index (Phi) is 3.93. The molecule has 92 valence electrons. The van der Waals surface area contributed by atoms with Gasteiger partial charge in [0.25, 0.3) is 0 Å². The second-order valence-corrected chi connectivity index (χ2v) is 4.70. The molecule has 1 rings (SSSR count). The second-order valence-electron chi connectivity index (χ2n) is 4.70. The molecule has 2 atom stereocenters. The van der Waals surface area contributed by atoms with Crippen LogP contribution < -0.4 is 5.73 Å². The number of rotatable bonds is 3. The quantitative estimate of drug-likeness (QED) is 0.548. The number of halogens is 1. The van der Waals surface area contributed by atoms with Gasteiger partial charge in [0.1, 0.15) is 11.7 Å². The number of amides is 1. The summed E-state index contributed by atoms with van der Waals surface area (Å²) in [7, 11) is -1.60. The molecule has 1 aliphatic heterocycles. The number of hydrogen-bond donors (Lipinski definition) is 3. The molecule has 0 aliphatic carbocycles. The number of carbonyl (C=O) groups excluding carboxylic acids is 1. The zero-order valence-corrected chi connectivity index (χ0v) is 9.56. The lowest BCUT2D eigenvalue weighted by molar-refractivity contribution is -0.135. The van der Waals surface area contributed by atoms with Crippen LogP contribution in [0.15, 0.2) is 0 Å². The fourth-order valence-electron chi connectivity index (χ4n) is 1.85. The minimum Gasteiger partial charge on any atom is -0.426 e. The Bertz CT molecular complexity index is 270. The van der Waals surface area contributed by atoms with Gasteiger partial charge in [-0.15, -0.1) is 0 Å². The van der Waals surface area contributed by atoms with Crippen LogP contribution in [0.25, 0.3) is 0 Å². The Labute approximate surface area is 94.6 Å². The maximum Gasteiger partial charge on any atom is 0.475 e. The second kappa shape index (κ2) is 4.69. The van der Waals surface area contributed by atoms with Gasteiger partial charge < -0.3 is 20.7 Å². The fourth-order valence-corrected chi connectivity index (χ4v) is 1.85. The molecule has 0 aromatic rings. The Morgan fingerprint density at radius 1 is 1.62 bits per heavy atom. The van der Waals surface area contributed by atoms with Crippen LogP contribution in [0.1, 0.15) is 26.7 Å². The maximum atomic E-state index is 13.5. The SMILES string of the molecule is CC(C)(F)[C@H](N)C(=O)N1CCC[C@H]1B(O)O. The van der Waals surface area contributed by atoms with Gasteiger partial charge in [-0.05, 0) is 26.7 Å². The summed E-state index contributed by atoms with van der Waals surface area (Å²) in [4.78, 5) is 13.1. The summed E-state index contributed by atoms with van der Waals surface area (Å²) in [5.41, 5.74) is 3.69. The van der Waals surface area contributed by atoms with E-state index in [1.807, 2.05) is 0 Å². The lowest BCUT2D eigenvalue weighted by Gasteiger charge is -2.30. The van der Waals surface area contributed by atoms with Crippen molar-refractivity contribution in [2.75, 3.05) is 6.54 Å². The Morgan fingerprint density at radius 3 is 2.62 bits per heavy atom. The molecule has 1 heterocycles. The van der Waals surface area contributed by atoms with Gasteiger partial charge in [0.05, 0.1) is 5.94 Å². The van der Waals surface area contributed by atoms with Gasteiger partial charge in [0, 0.05) is 6.54 Å². The molecule has 16 heavy (non-hydrogen) atoms. The summed E-state index contributed by atoms with van der Waals surface area (Å²) in [6.45, 7) is 2.86. The van der Waals surface area contributed by atoms with Crippen molar-refractivity contribution < 1.29 is 19.2 Å². The molecule has 0 unspecified atom stereocenters. The van der Waals surface area contributed by atoms with Crippen molar-refractivity contribution in [3.63, 3.8) is 0 Å². The molecule has 1 amide bonds. The van der Waals surface area contributed by atoms with Crippen LogP contribution in [0.5, 0.6) is 0 Å². The molecule has 1 aliphatic rings. The minimum absolute atomic E-state index is 0.394. The van der Waals surface area contributed by atoms with E-state index >= 15 is 0 Å². The molecule has 0 spiro atoms. The summed E-state index contributed by atoms with van der Waals surface area (Å²) >= 11 is 0. The molecular weight excluding hydrogens is 214 g/mol. The summed E-state index contributed by atoms with van der Waals surface area (Å²) in [5.74, 6) is -1.23. The van der Waals surface area contributed by atoms with Crippen molar-refractivity contribution in [2.24, 2.45) is 5.73 Å². The van der Waals surface area contributed by atoms with E-state index in [-0.39, 0.29) is 0 Å². The third-order valence-corrected chi connectivity index (χ3v) is 2.93. The largest absolute Gasteiger partial charge is 0.475 e. The van der Waals surface area contributed by atoms with E-state index in [1.165, 1.54) is 18.7 Å². The molecule has 0 saturated carbocycles. The van der Waals surface area contributed by atoms with E-state index in [2.05, 4.69) is 0 Å². The van der Waals surface area contributed by atoms with E-state index in [0.29, 0.717) is 19.4 Å². The first-order valence-electron chi connectivity index (χ1n) is 5.36. The molecule has 0 radical (unpaired) electrons. The third-order valence-electron chi connectivity index (χ3n) is 2.93. The number of alkyl halides is 1. The fraction of sp³-hybridized carbons (Fsp3) is 0.889. The van der Waals surface area contributed by atoms with Gasteiger partial charge in [-0.1, -0.05) is 0 Å². The van der Waals surface area contributed by atoms with E-state index in [4.69, 9.17) is 15.8 Å². The molecule has 0 aromatic heterocycles. The number of hydrogen-bond acceptors (Lipinski definition) is 4. The zero-order chi connectivity index (χ0) is 12.5. The first kappa shape index (κ1) is 13.4. The van der Waals surface area contributed by atoms with Crippen molar-refractivity contribution in [1.82, 2.24) is 4.90 Å². The van der Waals surface area contributed by atoms with Crippen molar-refractivity contribution in [3.8, 4) is 0 Å². The van der Waals surface area contributed by atoms with Crippen LogP contribution in [0.2, 0.25) is 0 Å². The zero-order valence-electron chi connectivity index (χ0n) is 9.56. The standard InChI is InChI=1S/C9H18BFN2O3/c1-9(2,11)7(12)8(14)13-5-3-4-6(13)10(15)16/h6-7,15-16H,3-5,12H2,1-2H3/t6-,7+/m0/s1. The van der Waals surface area contributed by atoms with Crippen molar-refractivity contribution in [1.29, 1.82) is 0 Å². The van der Waals surface area contributed by atoms with E-state index in [9.17, 15) is 9.18 Å². The van der Waals surface area contributed by atoms with Gasteiger partial charge in [0.15, 0.2) is 0 Å². The number of nitrogens with zero attached hydrogens (tertiary/aromatic N) is 1. The Balaban J connectivity index is 2.74. The average molecular weight is 232 g/mol. The van der Waals surface area contributed by atoms with Crippen LogP contribution in [-0.2, 0) is 4.79 Å². The summed E-state index contributed by atoms with van der Waals surface area (Å²) in [6, 6.07) is -1.27. The van der Waals surface area contributed by atoms with E-state index in [1.54, 1.807) is 0 Å². The number of carbonyl (C=O) groups is 1. The van der Waals surface area contributed by atoms with Crippen LogP contribution in [0.4, 0.5) is 4.39 Å². The normalized spacial score (nSPS) is 23.4. The molecular formula is C9H18BFN2O3. The predicted octanol–water partition coefficient (Wildman–Crippen LogP) is -0.935. The molecule has 0 aromatic carbocycles. The first-order chi connectivity index (χ1) is 7.25. The number of nitrogens with two attached hydrogens (primary N) is 1. The molecule has 1 fully saturated rings. The van der Waals surface area contributed by atoms with Crippen molar-refractivity contribution in [3.05, 3.63) is 0 Å². The Morgan fingerprint density at radius 2 is 2.19 bits per heavy atom. The lowest BCUT2D eigenvalue weighted by Crippen LogP contribution is -2.56. The van der Waals surface area contributed by atoms with Gasteiger partial charge in [-0.3, -0.25) is 4.79 Å². The van der Waals surface area contributed by atoms with Crippen LogP contribution in [0, 0.1) is 0 Å². The molecule has 5 nitrogen and oxygen atoms in total. The Hall–Kier alpha value is -0.655. The van der Waals surface area contributed by atoms with Crippen molar-refractivity contribution in [2.45, 2.75) is 44.3 Å². The monoisotopic (exact) mass is 232 g/mol. The summed E-state index contributed by atoms with van der Waals surface area (Å²) in [5, 5.41) is 18.2.